The number of imide groups is 1. The number of rotatable bonds is 3. The van der Waals surface area contributed by atoms with E-state index in [0.29, 0.717) is 20.7 Å². The molecule has 8 heteroatoms. The fourth-order valence-electron chi connectivity index (χ4n) is 2.29. The van der Waals surface area contributed by atoms with E-state index in [1.54, 1.807) is 42.5 Å². The molecule has 0 aromatic heterocycles. The predicted octanol–water partition coefficient (Wildman–Crippen LogP) is 5.06. The smallest absolute Gasteiger partial charge is 0.298 e. The third kappa shape index (κ3) is 3.40. The minimum absolute atomic E-state index is 0.0381. The second kappa shape index (κ2) is 7.11. The molecule has 128 valence electrons. The van der Waals surface area contributed by atoms with Gasteiger partial charge in [0.1, 0.15) is 0 Å². The zero-order valence-electron chi connectivity index (χ0n) is 12.8. The number of para-hydroxylation sites is 1. The molecule has 0 bridgehead atoms. The normalized spacial score (nSPS) is 16.0. The average molecular weight is 441 g/mol. The third-order valence-corrected chi connectivity index (χ3v) is 5.25. The summed E-state index contributed by atoms with van der Waals surface area (Å²) in [5, 5.41) is 9.75. The highest BCUT2D eigenvalue weighted by Gasteiger charge is 2.37. The van der Waals surface area contributed by atoms with Crippen molar-refractivity contribution in [2.45, 2.75) is 0 Å². The summed E-state index contributed by atoms with van der Waals surface area (Å²) < 4.78 is 5.51. The Hall–Kier alpha value is -1.96. The van der Waals surface area contributed by atoms with Crippen molar-refractivity contribution in [3.8, 4) is 11.5 Å². The lowest BCUT2D eigenvalue weighted by atomic mass is 10.2. The molecule has 25 heavy (non-hydrogen) atoms. The van der Waals surface area contributed by atoms with Crippen LogP contribution >= 0.6 is 39.3 Å². The molecule has 1 aliphatic rings. The van der Waals surface area contributed by atoms with Gasteiger partial charge in [0.15, 0.2) is 11.5 Å². The Morgan fingerprint density at radius 2 is 2.00 bits per heavy atom. The quantitative estimate of drug-likeness (QED) is 0.676. The summed E-state index contributed by atoms with van der Waals surface area (Å²) in [6, 6.07) is 9.86. The highest BCUT2D eigenvalue weighted by Crippen LogP contribution is 2.40. The van der Waals surface area contributed by atoms with Crippen molar-refractivity contribution >= 4 is 62.2 Å². The maximum absolute atomic E-state index is 12.6. The topological polar surface area (TPSA) is 66.8 Å². The van der Waals surface area contributed by atoms with E-state index in [4.69, 9.17) is 16.3 Å². The van der Waals surface area contributed by atoms with Gasteiger partial charge in [-0.25, -0.2) is 4.90 Å². The van der Waals surface area contributed by atoms with Crippen molar-refractivity contribution in [3.63, 3.8) is 0 Å². The lowest BCUT2D eigenvalue weighted by Crippen LogP contribution is -2.27. The molecule has 1 fully saturated rings. The van der Waals surface area contributed by atoms with Crippen LogP contribution in [-0.2, 0) is 4.79 Å². The van der Waals surface area contributed by atoms with Crippen molar-refractivity contribution in [1.82, 2.24) is 0 Å². The molecule has 0 atom stereocenters. The molecule has 1 saturated heterocycles. The number of phenolic OH excluding ortho intramolecular Hbond substituents is 1. The van der Waals surface area contributed by atoms with Crippen molar-refractivity contribution in [1.29, 1.82) is 0 Å². The Balaban J connectivity index is 1.99. The molecule has 0 spiro atoms. The van der Waals surface area contributed by atoms with Crippen LogP contribution in [0.3, 0.4) is 0 Å². The third-order valence-electron chi connectivity index (χ3n) is 3.46. The number of hydrogen-bond donors (Lipinski definition) is 1. The summed E-state index contributed by atoms with van der Waals surface area (Å²) in [5.41, 5.74) is 0.950. The number of carbonyl (C=O) groups excluding carboxylic acids is 2. The van der Waals surface area contributed by atoms with Gasteiger partial charge in [-0.1, -0.05) is 23.7 Å². The van der Waals surface area contributed by atoms with Crippen molar-refractivity contribution in [3.05, 3.63) is 56.4 Å². The maximum atomic E-state index is 12.6. The zero-order valence-corrected chi connectivity index (χ0v) is 16.0. The minimum atomic E-state index is -0.453. The molecular weight excluding hydrogens is 430 g/mol. The Kier molecular flexibility index (Phi) is 5.08. The van der Waals surface area contributed by atoms with Gasteiger partial charge < -0.3 is 9.84 Å². The summed E-state index contributed by atoms with van der Waals surface area (Å²) in [4.78, 5) is 26.2. The Morgan fingerprint density at radius 1 is 1.28 bits per heavy atom. The van der Waals surface area contributed by atoms with E-state index in [0.717, 1.165) is 16.7 Å². The standard InChI is InChI=1S/C17H11BrClNO4S/c1-24-13-7-9(6-10(18)15(13)21)8-14-16(22)20(17(23)25-14)12-5-3-2-4-11(12)19/h2-8,21H,1H3/b14-8+. The molecule has 0 unspecified atom stereocenters. The number of carbonyl (C=O) groups is 2. The van der Waals surface area contributed by atoms with Crippen LogP contribution in [0.4, 0.5) is 10.5 Å². The lowest BCUT2D eigenvalue weighted by Gasteiger charge is -2.13. The highest BCUT2D eigenvalue weighted by molar-refractivity contribution is 9.10. The van der Waals surface area contributed by atoms with E-state index in [1.165, 1.54) is 7.11 Å². The SMILES string of the molecule is COc1cc(/C=C2/SC(=O)N(c3ccccc3Cl)C2=O)cc(Br)c1O. The lowest BCUT2D eigenvalue weighted by molar-refractivity contribution is -0.113. The van der Waals surface area contributed by atoms with Crippen LogP contribution in [0.15, 0.2) is 45.8 Å². The monoisotopic (exact) mass is 439 g/mol. The number of anilines is 1. The highest BCUT2D eigenvalue weighted by atomic mass is 79.9. The molecule has 1 heterocycles. The summed E-state index contributed by atoms with van der Waals surface area (Å²) in [7, 11) is 1.43. The van der Waals surface area contributed by atoms with Crippen molar-refractivity contribution in [2.24, 2.45) is 0 Å². The van der Waals surface area contributed by atoms with Gasteiger partial charge in [0, 0.05) is 0 Å². The minimum Gasteiger partial charge on any atom is -0.503 e. The largest absolute Gasteiger partial charge is 0.503 e. The van der Waals surface area contributed by atoms with Gasteiger partial charge in [-0.05, 0) is 63.6 Å². The van der Waals surface area contributed by atoms with Crippen LogP contribution in [0, 0.1) is 0 Å². The number of hydrogen-bond acceptors (Lipinski definition) is 5. The molecular formula is C17H11BrClNO4S. The summed E-state index contributed by atoms with van der Waals surface area (Å²) >= 11 is 10.1. The summed E-state index contributed by atoms with van der Waals surface area (Å²) in [6.07, 6.45) is 1.56. The fraction of sp³-hybridized carbons (Fsp3) is 0.0588. The Labute approximate surface area is 161 Å². The molecule has 3 rings (SSSR count). The van der Waals surface area contributed by atoms with Gasteiger partial charge in [0.25, 0.3) is 11.1 Å². The summed E-state index contributed by atoms with van der Waals surface area (Å²) in [5.74, 6) is -0.235. The van der Waals surface area contributed by atoms with Crippen LogP contribution in [0.2, 0.25) is 5.02 Å². The predicted molar refractivity (Wildman–Crippen MR) is 102 cm³/mol. The molecule has 2 aromatic carbocycles. The van der Waals surface area contributed by atoms with Crippen LogP contribution in [0.25, 0.3) is 6.08 Å². The maximum Gasteiger partial charge on any atom is 0.298 e. The molecule has 1 N–H and O–H groups in total. The number of thioether (sulfide) groups is 1. The van der Waals surface area contributed by atoms with Crippen molar-refractivity contribution < 1.29 is 19.4 Å². The molecule has 0 aliphatic carbocycles. The van der Waals surface area contributed by atoms with Gasteiger partial charge in [-0.2, -0.15) is 0 Å². The van der Waals surface area contributed by atoms with E-state index in [2.05, 4.69) is 15.9 Å². The molecule has 5 nitrogen and oxygen atoms in total. The first-order valence-electron chi connectivity index (χ1n) is 7.01. The van der Waals surface area contributed by atoms with Crippen LogP contribution < -0.4 is 9.64 Å². The number of ether oxygens (including phenoxy) is 1. The number of methoxy groups -OCH3 is 1. The van der Waals surface area contributed by atoms with E-state index < -0.39 is 11.1 Å². The van der Waals surface area contributed by atoms with Gasteiger partial charge >= 0.3 is 0 Å². The molecule has 2 amide bonds. The molecule has 0 radical (unpaired) electrons. The van der Waals surface area contributed by atoms with Gasteiger partial charge in [-0.3, -0.25) is 9.59 Å². The first-order chi connectivity index (χ1) is 11.9. The molecule has 0 saturated carbocycles. The van der Waals surface area contributed by atoms with E-state index >= 15 is 0 Å². The second-order valence-corrected chi connectivity index (χ2v) is 7.28. The number of halogens is 2. The van der Waals surface area contributed by atoms with Crippen LogP contribution in [0.5, 0.6) is 11.5 Å². The van der Waals surface area contributed by atoms with Crippen LogP contribution in [0.1, 0.15) is 5.56 Å². The number of aromatic hydroxyl groups is 1. The van der Waals surface area contributed by atoms with Gasteiger partial charge in [-0.15, -0.1) is 0 Å². The van der Waals surface area contributed by atoms with E-state index in [9.17, 15) is 14.7 Å². The molecule has 1 aliphatic heterocycles. The van der Waals surface area contributed by atoms with E-state index in [-0.39, 0.29) is 16.4 Å². The number of nitrogens with zero attached hydrogens (tertiary/aromatic N) is 1. The van der Waals surface area contributed by atoms with Crippen molar-refractivity contribution in [2.75, 3.05) is 12.0 Å². The number of amides is 2. The van der Waals surface area contributed by atoms with E-state index in [1.807, 2.05) is 0 Å². The average Bonchev–Trinajstić information content (AvgIpc) is 2.85. The summed E-state index contributed by atoms with van der Waals surface area (Å²) in [6.45, 7) is 0. The number of phenols is 1. The Bertz CT molecular complexity index is 916. The number of benzene rings is 2. The fourth-order valence-corrected chi connectivity index (χ4v) is 3.81. The molecule has 2 aromatic rings. The first kappa shape index (κ1) is 17.8. The second-order valence-electron chi connectivity index (χ2n) is 5.02. The van der Waals surface area contributed by atoms with Crippen LogP contribution in [-0.4, -0.2) is 23.4 Å². The first-order valence-corrected chi connectivity index (χ1v) is 9.00. The zero-order chi connectivity index (χ0) is 18.1. The Morgan fingerprint density at radius 3 is 2.68 bits per heavy atom. The van der Waals surface area contributed by atoms with Gasteiger partial charge in [0.2, 0.25) is 0 Å². The van der Waals surface area contributed by atoms with Gasteiger partial charge in [0.05, 0.1) is 27.2 Å².